The third-order valence-electron chi connectivity index (χ3n) is 1.85. The van der Waals surface area contributed by atoms with E-state index >= 15 is 0 Å². The van der Waals surface area contributed by atoms with Gasteiger partial charge in [-0.25, -0.2) is 0 Å². The minimum absolute atomic E-state index is 0. The zero-order valence-electron chi connectivity index (χ0n) is 5.74. The van der Waals surface area contributed by atoms with Crippen LogP contribution in [0.15, 0.2) is 0 Å². The normalized spacial score (nSPS) is 24.7. The summed E-state index contributed by atoms with van der Waals surface area (Å²) >= 11 is 0. The van der Waals surface area contributed by atoms with Crippen LogP contribution in [0.1, 0.15) is 34.1 Å². The van der Waals surface area contributed by atoms with Gasteiger partial charge in [-0.15, -0.1) is 0 Å². The van der Waals surface area contributed by atoms with Crippen molar-refractivity contribution in [3.8, 4) is 0 Å². The highest BCUT2D eigenvalue weighted by Gasteiger charge is 2.20. The summed E-state index contributed by atoms with van der Waals surface area (Å²) in [6.45, 7) is 6.53. The standard InChI is InChI=1S/C7H14O.CH4/c1-7(2)3-5-8-6-4-7;/h3-6H2,1-2H3;1H4. The molecule has 1 heteroatoms. The van der Waals surface area contributed by atoms with Gasteiger partial charge in [-0.3, -0.25) is 0 Å². The summed E-state index contributed by atoms with van der Waals surface area (Å²) in [5.41, 5.74) is 0.554. The van der Waals surface area contributed by atoms with Gasteiger partial charge >= 0.3 is 0 Å². The van der Waals surface area contributed by atoms with E-state index in [1.54, 1.807) is 0 Å². The highest BCUT2D eigenvalue weighted by Crippen LogP contribution is 2.27. The Bertz CT molecular complexity index is 68.6. The zero-order valence-corrected chi connectivity index (χ0v) is 5.74. The van der Waals surface area contributed by atoms with Crippen molar-refractivity contribution in [1.29, 1.82) is 0 Å². The van der Waals surface area contributed by atoms with E-state index in [2.05, 4.69) is 13.8 Å². The van der Waals surface area contributed by atoms with E-state index in [0.29, 0.717) is 5.41 Å². The predicted molar refractivity (Wildman–Crippen MR) is 40.6 cm³/mol. The third-order valence-corrected chi connectivity index (χ3v) is 1.85. The molecule has 1 nitrogen and oxygen atoms in total. The lowest BCUT2D eigenvalue weighted by Crippen LogP contribution is -2.22. The van der Waals surface area contributed by atoms with Gasteiger partial charge in [-0.1, -0.05) is 21.3 Å². The second-order valence-corrected chi connectivity index (χ2v) is 3.28. The van der Waals surface area contributed by atoms with Crippen molar-refractivity contribution in [1.82, 2.24) is 0 Å². The van der Waals surface area contributed by atoms with E-state index in [4.69, 9.17) is 4.74 Å². The average Bonchev–Trinajstić information content (AvgIpc) is 1.65. The van der Waals surface area contributed by atoms with Gasteiger partial charge < -0.3 is 4.74 Å². The molecule has 1 saturated heterocycles. The van der Waals surface area contributed by atoms with Crippen LogP contribution in [0.25, 0.3) is 0 Å². The summed E-state index contributed by atoms with van der Waals surface area (Å²) in [6, 6.07) is 0. The molecule has 56 valence electrons. The highest BCUT2D eigenvalue weighted by atomic mass is 16.5. The molecule has 0 saturated carbocycles. The Morgan fingerprint density at radius 3 is 1.78 bits per heavy atom. The summed E-state index contributed by atoms with van der Waals surface area (Å²) in [4.78, 5) is 0. The lowest BCUT2D eigenvalue weighted by Gasteiger charge is -2.28. The summed E-state index contributed by atoms with van der Waals surface area (Å²) in [7, 11) is 0. The molecule has 1 aliphatic heterocycles. The fourth-order valence-electron chi connectivity index (χ4n) is 0.924. The first-order chi connectivity index (χ1) is 3.71. The van der Waals surface area contributed by atoms with Crippen molar-refractivity contribution < 1.29 is 4.74 Å². The summed E-state index contributed by atoms with van der Waals surface area (Å²) in [5, 5.41) is 0. The Balaban J connectivity index is 0.000000640. The molecule has 0 unspecified atom stereocenters. The largest absolute Gasteiger partial charge is 0.381 e. The van der Waals surface area contributed by atoms with Crippen LogP contribution in [0.4, 0.5) is 0 Å². The first-order valence-electron chi connectivity index (χ1n) is 3.28. The maximum Gasteiger partial charge on any atom is 0.0471 e. The van der Waals surface area contributed by atoms with E-state index in [1.807, 2.05) is 0 Å². The van der Waals surface area contributed by atoms with Crippen LogP contribution in [0.5, 0.6) is 0 Å². The fraction of sp³-hybridized carbons (Fsp3) is 1.00. The van der Waals surface area contributed by atoms with Crippen LogP contribution in [-0.2, 0) is 4.74 Å². The van der Waals surface area contributed by atoms with Crippen LogP contribution in [0.3, 0.4) is 0 Å². The van der Waals surface area contributed by atoms with Crippen molar-refractivity contribution in [2.45, 2.75) is 34.1 Å². The fourth-order valence-corrected chi connectivity index (χ4v) is 0.924. The van der Waals surface area contributed by atoms with Crippen LogP contribution < -0.4 is 0 Å². The Labute approximate surface area is 58.4 Å². The van der Waals surface area contributed by atoms with Gasteiger partial charge in [0.05, 0.1) is 0 Å². The Morgan fingerprint density at radius 1 is 1.11 bits per heavy atom. The maximum atomic E-state index is 5.21. The predicted octanol–water partition coefficient (Wildman–Crippen LogP) is 2.46. The summed E-state index contributed by atoms with van der Waals surface area (Å²) in [6.07, 6.45) is 2.46. The molecule has 1 fully saturated rings. The molecule has 1 heterocycles. The minimum atomic E-state index is 0. The van der Waals surface area contributed by atoms with E-state index in [9.17, 15) is 0 Å². The van der Waals surface area contributed by atoms with Crippen LogP contribution >= 0.6 is 0 Å². The Hall–Kier alpha value is -0.0400. The molecule has 0 aliphatic carbocycles. The van der Waals surface area contributed by atoms with E-state index < -0.39 is 0 Å². The quantitative estimate of drug-likeness (QED) is 0.489. The van der Waals surface area contributed by atoms with Gasteiger partial charge in [0.1, 0.15) is 0 Å². The van der Waals surface area contributed by atoms with Gasteiger partial charge in [0.25, 0.3) is 0 Å². The number of rotatable bonds is 0. The van der Waals surface area contributed by atoms with Gasteiger partial charge in [0.15, 0.2) is 0 Å². The van der Waals surface area contributed by atoms with Crippen LogP contribution in [-0.4, -0.2) is 13.2 Å². The minimum Gasteiger partial charge on any atom is -0.381 e. The van der Waals surface area contributed by atoms with E-state index in [0.717, 1.165) is 13.2 Å². The van der Waals surface area contributed by atoms with E-state index in [-0.39, 0.29) is 7.43 Å². The van der Waals surface area contributed by atoms with Crippen molar-refractivity contribution in [2.24, 2.45) is 5.41 Å². The van der Waals surface area contributed by atoms with Gasteiger partial charge in [-0.05, 0) is 18.3 Å². The SMILES string of the molecule is C.CC1(C)CCOCC1. The second kappa shape index (κ2) is 3.21. The topological polar surface area (TPSA) is 9.23 Å². The molecule has 0 aromatic rings. The molecule has 0 aromatic carbocycles. The molecule has 0 amide bonds. The molecule has 0 bridgehead atoms. The average molecular weight is 130 g/mol. The summed E-state index contributed by atoms with van der Waals surface area (Å²) in [5.74, 6) is 0. The highest BCUT2D eigenvalue weighted by molar-refractivity contribution is 4.70. The van der Waals surface area contributed by atoms with E-state index in [1.165, 1.54) is 12.8 Å². The second-order valence-electron chi connectivity index (χ2n) is 3.28. The molecule has 1 rings (SSSR count). The molecular formula is C8H18O. The molecule has 0 radical (unpaired) electrons. The lowest BCUT2D eigenvalue weighted by atomic mass is 9.85. The number of ether oxygens (including phenoxy) is 1. The summed E-state index contributed by atoms with van der Waals surface area (Å²) < 4.78 is 5.21. The molecule has 1 aliphatic rings. The third kappa shape index (κ3) is 2.85. The Kier molecular flexibility index (Phi) is 3.20. The molecule has 0 N–H and O–H groups in total. The molecular weight excluding hydrogens is 112 g/mol. The lowest BCUT2D eigenvalue weighted by molar-refractivity contribution is 0.0327. The Morgan fingerprint density at radius 2 is 1.56 bits per heavy atom. The van der Waals surface area contributed by atoms with Crippen molar-refractivity contribution in [3.05, 3.63) is 0 Å². The molecule has 9 heavy (non-hydrogen) atoms. The smallest absolute Gasteiger partial charge is 0.0471 e. The number of hydrogen-bond acceptors (Lipinski definition) is 1. The number of hydrogen-bond donors (Lipinski definition) is 0. The first-order valence-corrected chi connectivity index (χ1v) is 3.28. The van der Waals surface area contributed by atoms with Gasteiger partial charge in [0, 0.05) is 13.2 Å². The molecule has 0 spiro atoms. The zero-order chi connectivity index (χ0) is 6.04. The van der Waals surface area contributed by atoms with Crippen LogP contribution in [0, 0.1) is 5.41 Å². The van der Waals surface area contributed by atoms with Gasteiger partial charge in [-0.2, -0.15) is 0 Å². The maximum absolute atomic E-state index is 5.21. The first kappa shape index (κ1) is 8.96. The monoisotopic (exact) mass is 130 g/mol. The van der Waals surface area contributed by atoms with Gasteiger partial charge in [0.2, 0.25) is 0 Å². The van der Waals surface area contributed by atoms with Crippen LogP contribution in [0.2, 0.25) is 0 Å². The molecule has 0 atom stereocenters. The van der Waals surface area contributed by atoms with Crippen molar-refractivity contribution >= 4 is 0 Å². The molecule has 0 aromatic heterocycles. The van der Waals surface area contributed by atoms with Crippen molar-refractivity contribution in [2.75, 3.05) is 13.2 Å². The van der Waals surface area contributed by atoms with Crippen molar-refractivity contribution in [3.63, 3.8) is 0 Å².